The quantitative estimate of drug-likeness (QED) is 0.780. The molecule has 1 aliphatic rings. The van der Waals surface area contributed by atoms with E-state index in [1.807, 2.05) is 0 Å². The first kappa shape index (κ1) is 12.1. The second kappa shape index (κ2) is 5.36. The van der Waals surface area contributed by atoms with Crippen molar-refractivity contribution in [1.29, 1.82) is 0 Å². The lowest BCUT2D eigenvalue weighted by Gasteiger charge is -2.03. The molecule has 19 heavy (non-hydrogen) atoms. The molecule has 4 N–H and O–H groups in total. The van der Waals surface area contributed by atoms with E-state index in [0.29, 0.717) is 18.4 Å². The Kier molecular flexibility index (Phi) is 3.41. The van der Waals surface area contributed by atoms with Gasteiger partial charge in [-0.05, 0) is 18.9 Å². The first-order chi connectivity index (χ1) is 9.35. The van der Waals surface area contributed by atoms with E-state index in [2.05, 4.69) is 31.5 Å². The van der Waals surface area contributed by atoms with Gasteiger partial charge in [0.25, 0.3) is 0 Å². The maximum Gasteiger partial charge on any atom is 0.228 e. The van der Waals surface area contributed by atoms with Crippen molar-refractivity contribution >= 4 is 11.8 Å². The molecule has 1 aliphatic carbocycles. The van der Waals surface area contributed by atoms with Crippen LogP contribution in [-0.4, -0.2) is 20.2 Å². The third kappa shape index (κ3) is 2.73. The van der Waals surface area contributed by atoms with Gasteiger partial charge in [-0.25, -0.2) is 9.97 Å². The first-order valence-corrected chi connectivity index (χ1v) is 6.69. The molecule has 0 saturated heterocycles. The first-order valence-electron chi connectivity index (χ1n) is 6.69. The smallest absolute Gasteiger partial charge is 0.228 e. The number of H-pyrrole nitrogens is 1. The SMILES string of the molecule is NCc1ccnc(Nc2cc(C3CCCC3)[nH]n2)n1. The van der Waals surface area contributed by atoms with Gasteiger partial charge in [-0.15, -0.1) is 0 Å². The van der Waals surface area contributed by atoms with E-state index in [9.17, 15) is 0 Å². The van der Waals surface area contributed by atoms with Gasteiger partial charge in [0.2, 0.25) is 5.95 Å². The highest BCUT2D eigenvalue weighted by Gasteiger charge is 2.19. The van der Waals surface area contributed by atoms with Crippen molar-refractivity contribution in [1.82, 2.24) is 20.2 Å². The molecule has 6 heteroatoms. The second-order valence-corrected chi connectivity index (χ2v) is 4.89. The number of nitrogens with two attached hydrogens (primary N) is 1. The van der Waals surface area contributed by atoms with Gasteiger partial charge in [-0.3, -0.25) is 5.10 Å². The van der Waals surface area contributed by atoms with Gasteiger partial charge in [-0.2, -0.15) is 5.10 Å². The van der Waals surface area contributed by atoms with Crippen molar-refractivity contribution < 1.29 is 0 Å². The number of hydrogen-bond acceptors (Lipinski definition) is 5. The number of hydrogen-bond donors (Lipinski definition) is 3. The molecule has 6 nitrogen and oxygen atoms in total. The van der Waals surface area contributed by atoms with Crippen molar-refractivity contribution in [3.8, 4) is 0 Å². The molecular weight excluding hydrogens is 240 g/mol. The van der Waals surface area contributed by atoms with Gasteiger partial charge in [0.15, 0.2) is 5.82 Å². The highest BCUT2D eigenvalue weighted by molar-refractivity contribution is 5.48. The number of rotatable bonds is 4. The summed E-state index contributed by atoms with van der Waals surface area (Å²) in [7, 11) is 0. The Morgan fingerprint density at radius 3 is 3.00 bits per heavy atom. The Bertz CT molecular complexity index is 544. The van der Waals surface area contributed by atoms with Crippen LogP contribution < -0.4 is 11.1 Å². The Morgan fingerprint density at radius 2 is 2.21 bits per heavy atom. The Balaban J connectivity index is 1.72. The highest BCUT2D eigenvalue weighted by atomic mass is 15.2. The molecule has 2 aromatic rings. The van der Waals surface area contributed by atoms with E-state index in [1.54, 1.807) is 12.3 Å². The number of aromatic nitrogens is 4. The van der Waals surface area contributed by atoms with Crippen molar-refractivity contribution in [3.63, 3.8) is 0 Å². The van der Waals surface area contributed by atoms with Crippen LogP contribution in [0.3, 0.4) is 0 Å². The Hall–Kier alpha value is -1.95. The molecule has 1 saturated carbocycles. The van der Waals surface area contributed by atoms with E-state index in [0.717, 1.165) is 11.5 Å². The third-order valence-corrected chi connectivity index (χ3v) is 3.55. The zero-order valence-electron chi connectivity index (χ0n) is 10.8. The lowest BCUT2D eigenvalue weighted by atomic mass is 10.0. The van der Waals surface area contributed by atoms with Crippen molar-refractivity contribution in [3.05, 3.63) is 29.7 Å². The summed E-state index contributed by atoms with van der Waals surface area (Å²) < 4.78 is 0. The van der Waals surface area contributed by atoms with Gasteiger partial charge >= 0.3 is 0 Å². The van der Waals surface area contributed by atoms with E-state index < -0.39 is 0 Å². The molecule has 0 amide bonds. The fourth-order valence-corrected chi connectivity index (χ4v) is 2.53. The molecule has 0 aromatic carbocycles. The van der Waals surface area contributed by atoms with Crippen LogP contribution in [0, 0.1) is 0 Å². The molecule has 0 spiro atoms. The van der Waals surface area contributed by atoms with E-state index in [4.69, 9.17) is 5.73 Å². The van der Waals surface area contributed by atoms with Gasteiger partial charge in [0, 0.05) is 30.4 Å². The molecule has 0 radical (unpaired) electrons. The van der Waals surface area contributed by atoms with Crippen LogP contribution in [0.2, 0.25) is 0 Å². The molecular formula is C13H18N6. The zero-order chi connectivity index (χ0) is 13.1. The summed E-state index contributed by atoms with van der Waals surface area (Å²) in [4.78, 5) is 8.45. The van der Waals surface area contributed by atoms with Crippen LogP contribution in [0.4, 0.5) is 11.8 Å². The average Bonchev–Trinajstić information content (AvgIpc) is 3.09. The number of nitrogens with zero attached hydrogens (tertiary/aromatic N) is 3. The third-order valence-electron chi connectivity index (χ3n) is 3.55. The van der Waals surface area contributed by atoms with Gasteiger partial charge in [-0.1, -0.05) is 12.8 Å². The normalized spacial score (nSPS) is 15.8. The van der Waals surface area contributed by atoms with Crippen LogP contribution in [0.5, 0.6) is 0 Å². The molecule has 2 aromatic heterocycles. The minimum absolute atomic E-state index is 0.408. The summed E-state index contributed by atoms with van der Waals surface area (Å²) in [6.45, 7) is 0.408. The molecule has 2 heterocycles. The molecule has 0 bridgehead atoms. The predicted molar refractivity (Wildman–Crippen MR) is 73.0 cm³/mol. The van der Waals surface area contributed by atoms with Crippen molar-refractivity contribution in [2.24, 2.45) is 5.73 Å². The van der Waals surface area contributed by atoms with E-state index >= 15 is 0 Å². The Morgan fingerprint density at radius 1 is 1.37 bits per heavy atom. The maximum absolute atomic E-state index is 5.56. The van der Waals surface area contributed by atoms with Crippen LogP contribution in [0.1, 0.15) is 43.0 Å². The molecule has 0 atom stereocenters. The second-order valence-electron chi connectivity index (χ2n) is 4.89. The van der Waals surface area contributed by atoms with Crippen molar-refractivity contribution in [2.75, 3.05) is 5.32 Å². The van der Waals surface area contributed by atoms with E-state index in [1.165, 1.54) is 31.4 Å². The summed E-state index contributed by atoms with van der Waals surface area (Å²) in [6, 6.07) is 3.86. The lowest BCUT2D eigenvalue weighted by Crippen LogP contribution is -2.03. The van der Waals surface area contributed by atoms with Crippen LogP contribution >= 0.6 is 0 Å². The highest BCUT2D eigenvalue weighted by Crippen LogP contribution is 2.33. The standard InChI is InChI=1S/C13H18N6/c14-8-10-5-6-15-13(16-10)17-12-7-11(18-19-12)9-3-1-2-4-9/h5-7,9H,1-4,8,14H2,(H2,15,16,17,18,19). The number of aromatic amines is 1. The predicted octanol–water partition coefficient (Wildman–Crippen LogP) is 2.06. The summed E-state index contributed by atoms with van der Waals surface area (Å²) in [5, 5.41) is 10.5. The summed E-state index contributed by atoms with van der Waals surface area (Å²) in [5.74, 6) is 1.92. The van der Waals surface area contributed by atoms with E-state index in [-0.39, 0.29) is 0 Å². The molecule has 0 unspecified atom stereocenters. The van der Waals surface area contributed by atoms with Gasteiger partial charge in [0.05, 0.1) is 5.69 Å². The fraction of sp³-hybridized carbons (Fsp3) is 0.462. The van der Waals surface area contributed by atoms with Crippen molar-refractivity contribution in [2.45, 2.75) is 38.1 Å². The fourth-order valence-electron chi connectivity index (χ4n) is 2.53. The summed E-state index contributed by atoms with van der Waals surface area (Å²) in [6.07, 6.45) is 6.83. The maximum atomic E-state index is 5.56. The zero-order valence-corrected chi connectivity index (χ0v) is 10.8. The lowest BCUT2D eigenvalue weighted by molar-refractivity contribution is 0.693. The van der Waals surface area contributed by atoms with Crippen LogP contribution in [-0.2, 0) is 6.54 Å². The minimum Gasteiger partial charge on any atom is -0.325 e. The minimum atomic E-state index is 0.408. The topological polar surface area (TPSA) is 92.5 Å². The summed E-state index contributed by atoms with van der Waals surface area (Å²) >= 11 is 0. The molecule has 0 aliphatic heterocycles. The van der Waals surface area contributed by atoms with Crippen LogP contribution in [0.25, 0.3) is 0 Å². The number of anilines is 2. The summed E-state index contributed by atoms with van der Waals surface area (Å²) in [5.41, 5.74) is 7.57. The van der Waals surface area contributed by atoms with Crippen LogP contribution in [0.15, 0.2) is 18.3 Å². The molecule has 3 rings (SSSR count). The number of nitrogens with one attached hydrogen (secondary N) is 2. The average molecular weight is 258 g/mol. The molecule has 100 valence electrons. The van der Waals surface area contributed by atoms with Gasteiger partial charge in [0.1, 0.15) is 0 Å². The largest absolute Gasteiger partial charge is 0.325 e. The Labute approximate surface area is 111 Å². The van der Waals surface area contributed by atoms with Gasteiger partial charge < -0.3 is 11.1 Å². The monoisotopic (exact) mass is 258 g/mol. The molecule has 1 fully saturated rings.